The van der Waals surface area contributed by atoms with E-state index < -0.39 is 0 Å². The zero-order valence-electron chi connectivity index (χ0n) is 14.9. The fourth-order valence-corrected chi connectivity index (χ4v) is 3.92. The van der Waals surface area contributed by atoms with Crippen LogP contribution in [0.3, 0.4) is 0 Å². The van der Waals surface area contributed by atoms with Gasteiger partial charge in [-0.25, -0.2) is 0 Å². The Labute approximate surface area is 140 Å². The van der Waals surface area contributed by atoms with Crippen LogP contribution in [0.1, 0.15) is 32.4 Å². The van der Waals surface area contributed by atoms with E-state index in [0.29, 0.717) is 6.04 Å². The van der Waals surface area contributed by atoms with Crippen LogP contribution < -0.4 is 0 Å². The van der Waals surface area contributed by atoms with Gasteiger partial charge >= 0.3 is 0 Å². The molecule has 128 valence electrons. The average Bonchev–Trinajstić information content (AvgIpc) is 2.64. The van der Waals surface area contributed by atoms with Gasteiger partial charge in [-0.1, -0.05) is 44.2 Å². The Balaban J connectivity index is 1.90. The third-order valence-electron chi connectivity index (χ3n) is 5.24. The fourth-order valence-electron chi connectivity index (χ4n) is 3.92. The minimum Gasteiger partial charge on any atom is -0.379 e. The lowest BCUT2D eigenvalue weighted by atomic mass is 9.89. The average molecular weight is 318 g/mol. The fraction of sp³-hybridized carbons (Fsp3) is 0.684. The van der Waals surface area contributed by atoms with Crippen LogP contribution in [-0.4, -0.2) is 62.0 Å². The summed E-state index contributed by atoms with van der Waals surface area (Å²) in [5.41, 5.74) is 1.34. The van der Waals surface area contributed by atoms with Crippen molar-refractivity contribution in [3.63, 3.8) is 0 Å². The van der Waals surface area contributed by atoms with Crippen LogP contribution in [-0.2, 0) is 9.47 Å². The third kappa shape index (κ3) is 3.61. The van der Waals surface area contributed by atoms with E-state index in [1.54, 1.807) is 0 Å². The molecule has 0 aliphatic carbocycles. The van der Waals surface area contributed by atoms with Crippen molar-refractivity contribution >= 4 is 0 Å². The minimum atomic E-state index is 0.0733. The third-order valence-corrected chi connectivity index (χ3v) is 5.24. The van der Waals surface area contributed by atoms with Crippen molar-refractivity contribution in [3.8, 4) is 0 Å². The molecular formula is C19H30N2O2. The molecule has 1 aromatic rings. The van der Waals surface area contributed by atoms with E-state index in [0.717, 1.165) is 32.8 Å². The van der Waals surface area contributed by atoms with Gasteiger partial charge in [-0.2, -0.15) is 0 Å². The van der Waals surface area contributed by atoms with Gasteiger partial charge in [0, 0.05) is 31.1 Å². The van der Waals surface area contributed by atoms with Crippen LogP contribution in [0, 0.1) is 5.41 Å². The molecule has 4 nitrogen and oxygen atoms in total. The van der Waals surface area contributed by atoms with Crippen LogP contribution in [0.15, 0.2) is 30.3 Å². The molecule has 0 N–H and O–H groups in total. The summed E-state index contributed by atoms with van der Waals surface area (Å²) in [4.78, 5) is 4.91. The van der Waals surface area contributed by atoms with Crippen LogP contribution in [0.5, 0.6) is 0 Å². The summed E-state index contributed by atoms with van der Waals surface area (Å²) in [6.45, 7) is 11.5. The summed E-state index contributed by atoms with van der Waals surface area (Å²) in [5, 5.41) is 0. The molecule has 0 radical (unpaired) electrons. The second-order valence-electron chi connectivity index (χ2n) is 7.61. The Hall–Kier alpha value is -0.940. The maximum Gasteiger partial charge on any atom is 0.118 e. The molecule has 2 heterocycles. The Kier molecular flexibility index (Phi) is 5.07. The Morgan fingerprint density at radius 2 is 1.74 bits per heavy atom. The minimum absolute atomic E-state index is 0.0733. The van der Waals surface area contributed by atoms with Gasteiger partial charge in [0.15, 0.2) is 0 Å². The van der Waals surface area contributed by atoms with Gasteiger partial charge in [0.2, 0.25) is 0 Å². The molecule has 0 saturated carbocycles. The van der Waals surface area contributed by atoms with Gasteiger partial charge in [0.25, 0.3) is 0 Å². The van der Waals surface area contributed by atoms with Crippen molar-refractivity contribution in [1.29, 1.82) is 0 Å². The molecule has 3 atom stereocenters. The first kappa shape index (κ1) is 16.9. The molecule has 2 saturated heterocycles. The van der Waals surface area contributed by atoms with Crippen molar-refractivity contribution in [1.82, 2.24) is 9.80 Å². The maximum atomic E-state index is 6.76. The van der Waals surface area contributed by atoms with E-state index in [-0.39, 0.29) is 17.7 Å². The van der Waals surface area contributed by atoms with Crippen molar-refractivity contribution in [2.75, 3.05) is 39.9 Å². The largest absolute Gasteiger partial charge is 0.379 e. The van der Waals surface area contributed by atoms with Gasteiger partial charge in [0.1, 0.15) is 6.23 Å². The first-order valence-electron chi connectivity index (χ1n) is 8.71. The van der Waals surface area contributed by atoms with E-state index in [4.69, 9.17) is 9.47 Å². The summed E-state index contributed by atoms with van der Waals surface area (Å²) in [7, 11) is 2.22. The zero-order chi connectivity index (χ0) is 16.4. The van der Waals surface area contributed by atoms with E-state index in [9.17, 15) is 0 Å². The highest BCUT2D eigenvalue weighted by Crippen LogP contribution is 2.38. The molecule has 23 heavy (non-hydrogen) atoms. The summed E-state index contributed by atoms with van der Waals surface area (Å²) in [6.07, 6.45) is 0.208. The molecule has 2 aliphatic heterocycles. The number of hydrogen-bond donors (Lipinski definition) is 0. The van der Waals surface area contributed by atoms with E-state index in [1.807, 2.05) is 0 Å². The van der Waals surface area contributed by atoms with Crippen molar-refractivity contribution in [2.24, 2.45) is 5.41 Å². The van der Waals surface area contributed by atoms with Crippen LogP contribution in [0.2, 0.25) is 0 Å². The number of benzene rings is 1. The highest BCUT2D eigenvalue weighted by atomic mass is 16.5. The Morgan fingerprint density at radius 3 is 2.39 bits per heavy atom. The van der Waals surface area contributed by atoms with Crippen LogP contribution >= 0.6 is 0 Å². The number of rotatable bonds is 2. The second kappa shape index (κ2) is 6.89. The lowest BCUT2D eigenvalue weighted by Crippen LogP contribution is -2.53. The first-order chi connectivity index (χ1) is 11.0. The summed E-state index contributed by atoms with van der Waals surface area (Å²) < 4.78 is 12.3. The van der Waals surface area contributed by atoms with Crippen LogP contribution in [0.4, 0.5) is 0 Å². The molecule has 0 bridgehead atoms. The molecule has 1 aromatic carbocycles. The van der Waals surface area contributed by atoms with Gasteiger partial charge in [0.05, 0.1) is 19.3 Å². The van der Waals surface area contributed by atoms with Gasteiger partial charge < -0.3 is 14.4 Å². The SMILES string of the molecule is CC1C(c2ccccc2)OC(N2CCOCC2)C(C)(C)CN1C. The number of ether oxygens (including phenoxy) is 2. The van der Waals surface area contributed by atoms with Crippen molar-refractivity contribution in [3.05, 3.63) is 35.9 Å². The molecule has 0 amide bonds. The summed E-state index contributed by atoms with van der Waals surface area (Å²) in [5.74, 6) is 0. The number of morpholine rings is 1. The molecule has 3 unspecified atom stereocenters. The predicted molar refractivity (Wildman–Crippen MR) is 92.3 cm³/mol. The highest BCUT2D eigenvalue weighted by Gasteiger charge is 2.43. The van der Waals surface area contributed by atoms with E-state index in [1.165, 1.54) is 5.56 Å². The second-order valence-corrected chi connectivity index (χ2v) is 7.61. The monoisotopic (exact) mass is 318 g/mol. The molecule has 3 rings (SSSR count). The first-order valence-corrected chi connectivity index (χ1v) is 8.71. The number of likely N-dealkylation sites (N-methyl/N-ethyl adjacent to an activating group) is 1. The molecule has 2 aliphatic rings. The topological polar surface area (TPSA) is 24.9 Å². The van der Waals surface area contributed by atoms with Gasteiger partial charge in [-0.3, -0.25) is 4.90 Å². The number of nitrogens with zero attached hydrogens (tertiary/aromatic N) is 2. The molecule has 0 aromatic heterocycles. The van der Waals surface area contributed by atoms with Crippen molar-refractivity contribution < 1.29 is 9.47 Å². The van der Waals surface area contributed by atoms with Gasteiger partial charge in [-0.15, -0.1) is 0 Å². The molecule has 2 fully saturated rings. The molecular weight excluding hydrogens is 288 g/mol. The van der Waals surface area contributed by atoms with E-state index in [2.05, 4.69) is 68.0 Å². The Bertz CT molecular complexity index is 499. The maximum absolute atomic E-state index is 6.76. The predicted octanol–water partition coefficient (Wildman–Crippen LogP) is 2.76. The summed E-state index contributed by atoms with van der Waals surface area (Å²) in [6, 6.07) is 11.0. The lowest BCUT2D eigenvalue weighted by Gasteiger charge is -2.43. The zero-order valence-corrected chi connectivity index (χ0v) is 14.9. The molecule has 0 spiro atoms. The smallest absolute Gasteiger partial charge is 0.118 e. The quantitative estimate of drug-likeness (QED) is 0.837. The number of hydrogen-bond acceptors (Lipinski definition) is 4. The highest BCUT2D eigenvalue weighted by molar-refractivity contribution is 5.19. The standard InChI is InChI=1S/C19H30N2O2/c1-15-17(16-8-6-5-7-9-16)23-18(19(2,3)14-20(15)4)21-10-12-22-13-11-21/h5-9,15,17-18H,10-14H2,1-4H3. The molecule has 4 heteroatoms. The lowest BCUT2D eigenvalue weighted by molar-refractivity contribution is -0.166. The Morgan fingerprint density at radius 1 is 1.09 bits per heavy atom. The van der Waals surface area contributed by atoms with Gasteiger partial charge in [-0.05, 0) is 19.5 Å². The normalized spacial score (nSPS) is 33.3. The van der Waals surface area contributed by atoms with E-state index >= 15 is 0 Å². The van der Waals surface area contributed by atoms with Crippen LogP contribution in [0.25, 0.3) is 0 Å². The summed E-state index contributed by atoms with van der Waals surface area (Å²) >= 11 is 0. The van der Waals surface area contributed by atoms with Crippen molar-refractivity contribution in [2.45, 2.75) is 39.1 Å².